The third-order valence-electron chi connectivity index (χ3n) is 4.39. The van der Waals surface area contributed by atoms with Crippen molar-refractivity contribution in [2.45, 2.75) is 53.0 Å². The fourth-order valence-corrected chi connectivity index (χ4v) is 3.77. The number of carbonyl (C=O) groups excluding carboxylic acids is 1. The molecule has 8 nitrogen and oxygen atoms in total. The molecule has 2 rings (SSSR count). The molecular weight excluding hydrogens is 368 g/mol. The summed E-state index contributed by atoms with van der Waals surface area (Å²) in [4.78, 5) is 41.2. The Morgan fingerprint density at radius 1 is 1.26 bits per heavy atom. The van der Waals surface area contributed by atoms with E-state index >= 15 is 0 Å². The van der Waals surface area contributed by atoms with Crippen LogP contribution in [0.25, 0.3) is 10.6 Å². The average Bonchev–Trinajstić information content (AvgIpc) is 2.98. The summed E-state index contributed by atoms with van der Waals surface area (Å²) in [7, 11) is 1.57. The van der Waals surface area contributed by atoms with Crippen LogP contribution in [0.4, 0.5) is 0 Å². The SMILES string of the molecule is CCCCC(NC(=O)c1sc(-c2c(C)c(C)nn(C)c2=O)nc1C)C(=O)O. The highest BCUT2D eigenvalue weighted by molar-refractivity contribution is 7.17. The number of carboxylic acid groups (broad SMARTS) is 1. The summed E-state index contributed by atoms with van der Waals surface area (Å²) < 4.78 is 1.25. The fraction of sp³-hybridized carbons (Fsp3) is 0.500. The third-order valence-corrected chi connectivity index (χ3v) is 5.57. The van der Waals surface area contributed by atoms with Crippen LogP contribution in [0.5, 0.6) is 0 Å². The number of hydrogen-bond donors (Lipinski definition) is 2. The first kappa shape index (κ1) is 20.8. The maximum Gasteiger partial charge on any atom is 0.326 e. The molecular formula is C18H24N4O4S. The number of thiazole rings is 1. The monoisotopic (exact) mass is 392 g/mol. The highest BCUT2D eigenvalue weighted by Crippen LogP contribution is 2.28. The molecule has 0 aliphatic carbocycles. The minimum atomic E-state index is -1.06. The fourth-order valence-electron chi connectivity index (χ4n) is 2.70. The maximum atomic E-state index is 12.6. The number of nitrogens with zero attached hydrogens (tertiary/aromatic N) is 3. The third kappa shape index (κ3) is 4.41. The van der Waals surface area contributed by atoms with Gasteiger partial charge in [-0.15, -0.1) is 11.3 Å². The lowest BCUT2D eigenvalue weighted by molar-refractivity contribution is -0.139. The molecule has 1 unspecified atom stereocenters. The highest BCUT2D eigenvalue weighted by Gasteiger charge is 2.25. The zero-order valence-electron chi connectivity index (χ0n) is 16.1. The number of aryl methyl sites for hydroxylation is 3. The molecule has 0 aliphatic rings. The minimum absolute atomic E-state index is 0.287. The molecule has 2 heterocycles. The summed E-state index contributed by atoms with van der Waals surface area (Å²) >= 11 is 1.09. The largest absolute Gasteiger partial charge is 0.480 e. The number of carboxylic acids is 1. The highest BCUT2D eigenvalue weighted by atomic mass is 32.1. The Labute approximate surface area is 161 Å². The van der Waals surface area contributed by atoms with Crippen LogP contribution >= 0.6 is 11.3 Å². The number of nitrogens with one attached hydrogen (secondary N) is 1. The number of rotatable bonds is 7. The van der Waals surface area contributed by atoms with Crippen molar-refractivity contribution in [3.63, 3.8) is 0 Å². The molecule has 0 spiro atoms. The van der Waals surface area contributed by atoms with Crippen LogP contribution in [0.3, 0.4) is 0 Å². The van der Waals surface area contributed by atoms with Gasteiger partial charge >= 0.3 is 5.97 Å². The van der Waals surface area contributed by atoms with Crippen LogP contribution in [-0.4, -0.2) is 37.8 Å². The van der Waals surface area contributed by atoms with Gasteiger partial charge in [-0.2, -0.15) is 5.10 Å². The van der Waals surface area contributed by atoms with E-state index in [2.05, 4.69) is 15.4 Å². The summed E-state index contributed by atoms with van der Waals surface area (Å²) in [6, 6.07) is -0.944. The van der Waals surface area contributed by atoms with Gasteiger partial charge in [-0.3, -0.25) is 9.59 Å². The first-order valence-electron chi connectivity index (χ1n) is 8.73. The van der Waals surface area contributed by atoms with Crippen molar-refractivity contribution in [2.75, 3.05) is 0 Å². The second-order valence-electron chi connectivity index (χ2n) is 6.45. The topological polar surface area (TPSA) is 114 Å². The Morgan fingerprint density at radius 2 is 1.93 bits per heavy atom. The van der Waals surface area contributed by atoms with E-state index < -0.39 is 17.9 Å². The molecule has 2 N–H and O–H groups in total. The molecule has 0 saturated carbocycles. The predicted molar refractivity (Wildman–Crippen MR) is 103 cm³/mol. The van der Waals surface area contributed by atoms with Crippen LogP contribution < -0.4 is 10.9 Å². The minimum Gasteiger partial charge on any atom is -0.480 e. The van der Waals surface area contributed by atoms with Gasteiger partial charge in [0.15, 0.2) is 0 Å². The standard InChI is InChI=1S/C18H24N4O4S/c1-6-7-8-12(18(25)26)20-15(23)14-11(4)19-16(27-14)13-9(2)10(3)21-22(5)17(13)24/h12H,6-8H2,1-5H3,(H,20,23)(H,25,26). The van der Waals surface area contributed by atoms with Crippen molar-refractivity contribution >= 4 is 23.2 Å². The molecule has 2 aromatic heterocycles. The van der Waals surface area contributed by atoms with Crippen molar-refractivity contribution in [1.82, 2.24) is 20.1 Å². The van der Waals surface area contributed by atoms with E-state index in [4.69, 9.17) is 0 Å². The maximum absolute atomic E-state index is 12.6. The zero-order valence-corrected chi connectivity index (χ0v) is 16.9. The summed E-state index contributed by atoms with van der Waals surface area (Å²) in [5, 5.41) is 16.4. The van der Waals surface area contributed by atoms with Gasteiger partial charge in [0.25, 0.3) is 11.5 Å². The van der Waals surface area contributed by atoms with E-state index in [0.29, 0.717) is 45.2 Å². The Hall–Kier alpha value is -2.55. The van der Waals surface area contributed by atoms with Gasteiger partial charge in [-0.25, -0.2) is 14.5 Å². The van der Waals surface area contributed by atoms with E-state index in [9.17, 15) is 19.5 Å². The normalized spacial score (nSPS) is 12.0. The van der Waals surface area contributed by atoms with E-state index in [1.807, 2.05) is 6.92 Å². The van der Waals surface area contributed by atoms with E-state index in [0.717, 1.165) is 17.8 Å². The van der Waals surface area contributed by atoms with Crippen molar-refractivity contribution in [3.05, 3.63) is 32.2 Å². The van der Waals surface area contributed by atoms with Gasteiger partial charge in [-0.05, 0) is 32.8 Å². The lowest BCUT2D eigenvalue weighted by atomic mass is 10.1. The van der Waals surface area contributed by atoms with Crippen LogP contribution in [0.15, 0.2) is 4.79 Å². The molecule has 0 bridgehead atoms. The molecule has 1 atom stereocenters. The zero-order chi connectivity index (χ0) is 20.3. The van der Waals surface area contributed by atoms with Gasteiger partial charge in [0.05, 0.1) is 17.0 Å². The molecule has 0 radical (unpaired) electrons. The number of amides is 1. The van der Waals surface area contributed by atoms with Crippen LogP contribution in [0.2, 0.25) is 0 Å². The van der Waals surface area contributed by atoms with Crippen molar-refractivity contribution < 1.29 is 14.7 Å². The van der Waals surface area contributed by atoms with Crippen LogP contribution in [0, 0.1) is 20.8 Å². The van der Waals surface area contributed by atoms with Gasteiger partial charge in [-0.1, -0.05) is 19.8 Å². The van der Waals surface area contributed by atoms with Crippen molar-refractivity contribution in [1.29, 1.82) is 0 Å². The van der Waals surface area contributed by atoms with Crippen molar-refractivity contribution in [3.8, 4) is 10.6 Å². The lowest BCUT2D eigenvalue weighted by Gasteiger charge is -2.13. The van der Waals surface area contributed by atoms with Gasteiger partial charge in [0, 0.05) is 7.05 Å². The Bertz CT molecular complexity index is 932. The average molecular weight is 392 g/mol. The molecule has 9 heteroatoms. The first-order valence-corrected chi connectivity index (χ1v) is 9.55. The van der Waals surface area contributed by atoms with Gasteiger partial charge < -0.3 is 10.4 Å². The summed E-state index contributed by atoms with van der Waals surface area (Å²) in [6.45, 7) is 7.22. The second kappa shape index (κ2) is 8.43. The van der Waals surface area contributed by atoms with Crippen LogP contribution in [0.1, 0.15) is 52.8 Å². The number of unbranched alkanes of at least 4 members (excludes halogenated alkanes) is 1. The molecule has 2 aromatic rings. The Balaban J connectivity index is 2.38. The number of aromatic nitrogens is 3. The molecule has 0 aromatic carbocycles. The number of carbonyl (C=O) groups is 2. The molecule has 146 valence electrons. The smallest absolute Gasteiger partial charge is 0.326 e. The molecule has 0 saturated heterocycles. The molecule has 0 fully saturated rings. The number of hydrogen-bond acceptors (Lipinski definition) is 6. The van der Waals surface area contributed by atoms with E-state index in [1.54, 1.807) is 27.8 Å². The van der Waals surface area contributed by atoms with Gasteiger partial charge in [0.1, 0.15) is 15.9 Å². The predicted octanol–water partition coefficient (Wildman–Crippen LogP) is 2.20. The summed E-state index contributed by atoms with van der Waals surface area (Å²) in [5.41, 5.74) is 2.01. The molecule has 0 aliphatic heterocycles. The first-order chi connectivity index (χ1) is 12.7. The molecule has 1 amide bonds. The summed E-state index contributed by atoms with van der Waals surface area (Å²) in [5.74, 6) is -1.55. The van der Waals surface area contributed by atoms with E-state index in [1.165, 1.54) is 4.68 Å². The van der Waals surface area contributed by atoms with Crippen molar-refractivity contribution in [2.24, 2.45) is 7.05 Å². The van der Waals surface area contributed by atoms with Crippen LogP contribution in [-0.2, 0) is 11.8 Å². The quantitative estimate of drug-likeness (QED) is 0.747. The Kier molecular flexibility index (Phi) is 6.48. The summed E-state index contributed by atoms with van der Waals surface area (Å²) in [6.07, 6.45) is 1.91. The number of aliphatic carboxylic acids is 1. The molecule has 27 heavy (non-hydrogen) atoms. The van der Waals surface area contributed by atoms with E-state index in [-0.39, 0.29) is 5.56 Å². The van der Waals surface area contributed by atoms with Gasteiger partial charge in [0.2, 0.25) is 0 Å². The second-order valence-corrected chi connectivity index (χ2v) is 7.45. The Morgan fingerprint density at radius 3 is 2.52 bits per heavy atom. The lowest BCUT2D eigenvalue weighted by Crippen LogP contribution is -2.40.